The normalized spacial score (nSPS) is 10.5. The monoisotopic (exact) mass is 448 g/mol. The maximum absolute atomic E-state index is 12.5. The van der Waals surface area contributed by atoms with Crippen LogP contribution < -0.4 is 11.2 Å². The number of nitrogen functional groups attached to an aromatic ring is 1. The lowest BCUT2D eigenvalue weighted by molar-refractivity contribution is -0.146. The second-order valence-electron chi connectivity index (χ2n) is 5.65. The molecule has 1 heterocycles. The number of carbonyl (C=O) groups excluding carboxylic acids is 3. The molecule has 0 atom stereocenters. The first kappa shape index (κ1) is 24.7. The number of hydrogen-bond acceptors (Lipinski definition) is 8. The molecule has 2 aromatic rings. The van der Waals surface area contributed by atoms with Crippen LogP contribution in [-0.4, -0.2) is 65.0 Å². The van der Waals surface area contributed by atoms with Crippen molar-refractivity contribution in [2.75, 3.05) is 38.1 Å². The fourth-order valence-corrected chi connectivity index (χ4v) is 2.36. The Hall–Kier alpha value is -3.29. The van der Waals surface area contributed by atoms with Crippen LogP contribution in [0.2, 0.25) is 0 Å². The van der Waals surface area contributed by atoms with E-state index in [0.29, 0.717) is 23.0 Å². The number of thioether (sulfide) groups is 1. The topological polar surface area (TPSA) is 132 Å². The van der Waals surface area contributed by atoms with Crippen LogP contribution in [0.3, 0.4) is 0 Å². The van der Waals surface area contributed by atoms with E-state index in [-0.39, 0.29) is 15.6 Å². The molecular weight excluding hydrogens is 429 g/mol. The van der Waals surface area contributed by atoms with Gasteiger partial charge in [-0.25, -0.2) is 9.47 Å². The molecule has 0 aliphatic heterocycles. The maximum Gasteiger partial charge on any atom is 0.453 e. The Morgan fingerprint density at radius 2 is 1.83 bits per heavy atom. The number of rotatable bonds is 6. The minimum Gasteiger partial charge on any atom is -0.465 e. The number of halogens is 3. The van der Waals surface area contributed by atoms with Crippen molar-refractivity contribution in [3.63, 3.8) is 0 Å². The van der Waals surface area contributed by atoms with Gasteiger partial charge in [0, 0.05) is 19.8 Å². The Morgan fingerprint density at radius 3 is 2.27 bits per heavy atom. The third-order valence-electron chi connectivity index (χ3n) is 3.05. The van der Waals surface area contributed by atoms with Crippen LogP contribution in [0.1, 0.15) is 16.2 Å². The Balaban J connectivity index is 0.000000804. The third-order valence-corrected chi connectivity index (χ3v) is 3.99. The molecular formula is C16H19F3N6O4S. The first-order valence-electron chi connectivity index (χ1n) is 8.00. The number of ether oxygens (including phenoxy) is 1. The van der Waals surface area contributed by atoms with E-state index in [2.05, 4.69) is 20.3 Å². The SMILES string of the molecule is CN(C)C=O.COC(=O)c1ccc(NC(=O)CSc2nnc(C(F)(F)F)n2N)cc1. The number of nitrogens with zero attached hydrogens (tertiary/aromatic N) is 4. The van der Waals surface area contributed by atoms with Crippen LogP contribution in [-0.2, 0) is 20.5 Å². The molecule has 1 aromatic heterocycles. The second kappa shape index (κ2) is 11.0. The summed E-state index contributed by atoms with van der Waals surface area (Å²) in [6.45, 7) is 0. The highest BCUT2D eigenvalue weighted by Crippen LogP contribution is 2.28. The zero-order chi connectivity index (χ0) is 22.9. The van der Waals surface area contributed by atoms with E-state index in [1.54, 1.807) is 14.1 Å². The molecule has 0 radical (unpaired) electrons. The Bertz CT molecular complexity index is 871. The van der Waals surface area contributed by atoms with Crippen molar-refractivity contribution in [1.29, 1.82) is 0 Å². The van der Waals surface area contributed by atoms with Gasteiger partial charge in [0.05, 0.1) is 18.4 Å². The summed E-state index contributed by atoms with van der Waals surface area (Å²) in [6.07, 6.45) is -3.98. The van der Waals surface area contributed by atoms with Crippen molar-refractivity contribution in [1.82, 2.24) is 19.8 Å². The lowest BCUT2D eigenvalue weighted by Crippen LogP contribution is -2.22. The number of benzene rings is 1. The number of amides is 2. The van der Waals surface area contributed by atoms with Crippen LogP contribution in [0.4, 0.5) is 18.9 Å². The van der Waals surface area contributed by atoms with Crippen LogP contribution in [0, 0.1) is 0 Å². The highest BCUT2D eigenvalue weighted by atomic mass is 32.2. The molecule has 0 saturated heterocycles. The lowest BCUT2D eigenvalue weighted by Gasteiger charge is -2.07. The third kappa shape index (κ3) is 7.62. The molecule has 10 nitrogen and oxygen atoms in total. The largest absolute Gasteiger partial charge is 0.465 e. The minimum atomic E-state index is -4.73. The minimum absolute atomic E-state index is 0.230. The molecule has 0 saturated carbocycles. The Labute approximate surface area is 173 Å². The van der Waals surface area contributed by atoms with Gasteiger partial charge in [-0.15, -0.1) is 10.2 Å². The van der Waals surface area contributed by atoms with Crippen LogP contribution in [0.5, 0.6) is 0 Å². The van der Waals surface area contributed by atoms with E-state index in [4.69, 9.17) is 5.84 Å². The summed E-state index contributed by atoms with van der Waals surface area (Å²) in [5.74, 6) is 2.67. The summed E-state index contributed by atoms with van der Waals surface area (Å²) in [5, 5.41) is 8.52. The zero-order valence-electron chi connectivity index (χ0n) is 16.1. The molecule has 2 amide bonds. The van der Waals surface area contributed by atoms with Gasteiger partial charge in [0.2, 0.25) is 17.5 Å². The summed E-state index contributed by atoms with van der Waals surface area (Å²) < 4.78 is 42.4. The first-order valence-corrected chi connectivity index (χ1v) is 8.98. The number of aromatic nitrogens is 3. The highest BCUT2D eigenvalue weighted by Gasteiger charge is 2.38. The quantitative estimate of drug-likeness (QED) is 0.292. The van der Waals surface area contributed by atoms with Crippen molar-refractivity contribution >= 4 is 35.7 Å². The number of esters is 1. The van der Waals surface area contributed by atoms with Crippen LogP contribution in [0.25, 0.3) is 0 Å². The average Bonchev–Trinajstić information content (AvgIpc) is 3.07. The summed E-state index contributed by atoms with van der Waals surface area (Å²) in [7, 11) is 4.62. The van der Waals surface area contributed by atoms with Crippen molar-refractivity contribution < 1.29 is 32.3 Å². The number of carbonyl (C=O) groups is 3. The maximum atomic E-state index is 12.5. The van der Waals surface area contributed by atoms with Crippen LogP contribution in [0.15, 0.2) is 29.4 Å². The molecule has 0 aliphatic carbocycles. The van der Waals surface area contributed by atoms with Gasteiger partial charge in [0.25, 0.3) is 5.82 Å². The lowest BCUT2D eigenvalue weighted by atomic mass is 10.2. The highest BCUT2D eigenvalue weighted by molar-refractivity contribution is 7.99. The van der Waals surface area contributed by atoms with Crippen molar-refractivity contribution in [3.8, 4) is 0 Å². The molecule has 14 heteroatoms. The first-order chi connectivity index (χ1) is 14.0. The van der Waals surface area contributed by atoms with Crippen molar-refractivity contribution in [3.05, 3.63) is 35.7 Å². The number of nitrogens with one attached hydrogen (secondary N) is 1. The van der Waals surface area contributed by atoms with Gasteiger partial charge in [-0.3, -0.25) is 9.59 Å². The van der Waals surface area contributed by atoms with E-state index >= 15 is 0 Å². The van der Waals surface area contributed by atoms with Gasteiger partial charge in [0.1, 0.15) is 0 Å². The standard InChI is InChI=1S/C13H12F3N5O3S.C3H7NO/c1-24-10(23)7-2-4-8(5-3-7)18-9(22)6-25-12-20-19-11(21(12)17)13(14,15)16;1-4(2)3-5/h2-5H,6,17H2,1H3,(H,18,22);3H,1-2H3. The summed E-state index contributed by atoms with van der Waals surface area (Å²) >= 11 is 0.701. The number of alkyl halides is 3. The summed E-state index contributed by atoms with van der Waals surface area (Å²) in [6, 6.07) is 5.89. The van der Waals surface area contributed by atoms with Gasteiger partial charge >= 0.3 is 12.1 Å². The van der Waals surface area contributed by atoms with Gasteiger partial charge in [-0.1, -0.05) is 11.8 Å². The van der Waals surface area contributed by atoms with Gasteiger partial charge in [-0.2, -0.15) is 13.2 Å². The molecule has 30 heavy (non-hydrogen) atoms. The van der Waals surface area contributed by atoms with Crippen LogP contribution >= 0.6 is 11.8 Å². The van der Waals surface area contributed by atoms with Gasteiger partial charge in [0.15, 0.2) is 0 Å². The van der Waals surface area contributed by atoms with E-state index < -0.39 is 23.9 Å². The summed E-state index contributed by atoms with van der Waals surface area (Å²) in [5.41, 5.74) is 0.717. The molecule has 164 valence electrons. The predicted octanol–water partition coefficient (Wildman–Crippen LogP) is 1.23. The molecule has 1 aromatic carbocycles. The Morgan fingerprint density at radius 1 is 1.27 bits per heavy atom. The Kier molecular flexibility index (Phi) is 9.11. The molecule has 0 fully saturated rings. The molecule has 0 aliphatic rings. The fraction of sp³-hybridized carbons (Fsp3) is 0.312. The van der Waals surface area contributed by atoms with E-state index in [1.165, 1.54) is 36.3 Å². The summed E-state index contributed by atoms with van der Waals surface area (Å²) in [4.78, 5) is 34.0. The van der Waals surface area contributed by atoms with E-state index in [0.717, 1.165) is 6.41 Å². The fourth-order valence-electron chi connectivity index (χ4n) is 1.70. The molecule has 0 bridgehead atoms. The molecule has 2 rings (SSSR count). The van der Waals surface area contributed by atoms with Gasteiger partial charge in [-0.05, 0) is 24.3 Å². The molecule has 0 unspecified atom stereocenters. The van der Waals surface area contributed by atoms with Crippen molar-refractivity contribution in [2.24, 2.45) is 0 Å². The van der Waals surface area contributed by atoms with E-state index in [1.807, 2.05) is 0 Å². The number of methoxy groups -OCH3 is 1. The number of hydrogen-bond donors (Lipinski definition) is 2. The molecule has 3 N–H and O–H groups in total. The average molecular weight is 448 g/mol. The number of nitrogens with two attached hydrogens (primary N) is 1. The van der Waals surface area contributed by atoms with Gasteiger partial charge < -0.3 is 20.8 Å². The zero-order valence-corrected chi connectivity index (χ0v) is 17.0. The smallest absolute Gasteiger partial charge is 0.453 e. The van der Waals surface area contributed by atoms with E-state index in [9.17, 15) is 27.6 Å². The second-order valence-corrected chi connectivity index (χ2v) is 6.59. The molecule has 0 spiro atoms. The number of anilines is 1. The van der Waals surface area contributed by atoms with Crippen molar-refractivity contribution in [2.45, 2.75) is 11.3 Å². The predicted molar refractivity (Wildman–Crippen MR) is 102 cm³/mol.